The number of carbonyl (C=O) groups excluding carboxylic acids is 2. The summed E-state index contributed by atoms with van der Waals surface area (Å²) < 4.78 is 1.91. The largest absolute Gasteiger partial charge is 0.352 e. The van der Waals surface area contributed by atoms with Crippen molar-refractivity contribution in [3.63, 3.8) is 0 Å². The molecule has 6 heteroatoms. The fraction of sp³-hybridized carbons (Fsp3) is 0.526. The fourth-order valence-electron chi connectivity index (χ4n) is 3.40. The Morgan fingerprint density at radius 2 is 1.92 bits per heavy atom. The Bertz CT molecular complexity index is 747. The highest BCUT2D eigenvalue weighted by atomic mass is 16.2. The predicted octanol–water partition coefficient (Wildman–Crippen LogP) is 2.51. The van der Waals surface area contributed by atoms with Crippen LogP contribution in [0.15, 0.2) is 24.3 Å². The van der Waals surface area contributed by atoms with Crippen molar-refractivity contribution in [2.24, 2.45) is 0 Å². The molecule has 2 aromatic rings. The van der Waals surface area contributed by atoms with E-state index in [1.807, 2.05) is 35.8 Å². The van der Waals surface area contributed by atoms with Gasteiger partial charge < -0.3 is 15.2 Å². The lowest BCUT2D eigenvalue weighted by atomic mass is 9.95. The SMILES string of the molecule is CCC(=O)NCc1nc2ccccc2n1CC(=O)NC1CCCCC1. The van der Waals surface area contributed by atoms with Crippen molar-refractivity contribution < 1.29 is 9.59 Å². The molecule has 3 rings (SSSR count). The van der Waals surface area contributed by atoms with E-state index in [0.29, 0.717) is 24.8 Å². The van der Waals surface area contributed by atoms with Gasteiger partial charge in [0.2, 0.25) is 11.8 Å². The second-order valence-electron chi connectivity index (χ2n) is 6.64. The molecule has 0 spiro atoms. The lowest BCUT2D eigenvalue weighted by molar-refractivity contribution is -0.122. The zero-order valence-corrected chi connectivity index (χ0v) is 14.8. The number of carbonyl (C=O) groups is 2. The van der Waals surface area contributed by atoms with Crippen molar-refractivity contribution in [2.75, 3.05) is 0 Å². The van der Waals surface area contributed by atoms with E-state index >= 15 is 0 Å². The van der Waals surface area contributed by atoms with Gasteiger partial charge in [0.25, 0.3) is 0 Å². The summed E-state index contributed by atoms with van der Waals surface area (Å²) in [4.78, 5) is 28.7. The number of rotatable bonds is 6. The lowest BCUT2D eigenvalue weighted by Crippen LogP contribution is -2.38. The predicted molar refractivity (Wildman–Crippen MR) is 96.9 cm³/mol. The van der Waals surface area contributed by atoms with Crippen molar-refractivity contribution in [1.82, 2.24) is 20.2 Å². The van der Waals surface area contributed by atoms with Crippen LogP contribution in [0.3, 0.4) is 0 Å². The summed E-state index contributed by atoms with van der Waals surface area (Å²) in [6, 6.07) is 8.04. The number of para-hydroxylation sites is 2. The van der Waals surface area contributed by atoms with Crippen LogP contribution < -0.4 is 10.6 Å². The van der Waals surface area contributed by atoms with Gasteiger partial charge in [-0.25, -0.2) is 4.98 Å². The summed E-state index contributed by atoms with van der Waals surface area (Å²) in [6.07, 6.45) is 6.20. The molecular formula is C19H26N4O2. The summed E-state index contributed by atoms with van der Waals surface area (Å²) >= 11 is 0. The topological polar surface area (TPSA) is 76.0 Å². The molecule has 1 aromatic heterocycles. The quantitative estimate of drug-likeness (QED) is 0.847. The van der Waals surface area contributed by atoms with Gasteiger partial charge in [0.15, 0.2) is 0 Å². The minimum atomic E-state index is -0.0229. The zero-order valence-electron chi connectivity index (χ0n) is 14.8. The van der Waals surface area contributed by atoms with E-state index in [1.54, 1.807) is 0 Å². The third-order valence-electron chi connectivity index (χ3n) is 4.77. The molecule has 2 N–H and O–H groups in total. The van der Waals surface area contributed by atoms with Crippen molar-refractivity contribution in [1.29, 1.82) is 0 Å². The number of hydrogen-bond acceptors (Lipinski definition) is 3. The van der Waals surface area contributed by atoms with Crippen LogP contribution in [-0.4, -0.2) is 27.4 Å². The van der Waals surface area contributed by atoms with E-state index in [-0.39, 0.29) is 18.4 Å². The Morgan fingerprint density at radius 1 is 1.16 bits per heavy atom. The molecular weight excluding hydrogens is 316 g/mol. The first kappa shape index (κ1) is 17.5. The molecule has 0 bridgehead atoms. The molecule has 1 aromatic carbocycles. The number of imidazole rings is 1. The minimum absolute atomic E-state index is 0.0121. The van der Waals surface area contributed by atoms with E-state index in [0.717, 1.165) is 23.9 Å². The first-order chi connectivity index (χ1) is 12.2. The summed E-state index contributed by atoms with van der Waals surface area (Å²) in [7, 11) is 0. The average molecular weight is 342 g/mol. The maximum absolute atomic E-state index is 12.5. The zero-order chi connectivity index (χ0) is 17.6. The van der Waals surface area contributed by atoms with E-state index in [1.165, 1.54) is 19.3 Å². The number of nitrogens with zero attached hydrogens (tertiary/aromatic N) is 2. The Kier molecular flexibility index (Phi) is 5.68. The highest BCUT2D eigenvalue weighted by Gasteiger charge is 2.18. The fourth-order valence-corrected chi connectivity index (χ4v) is 3.40. The molecule has 0 aliphatic heterocycles. The Balaban J connectivity index is 1.75. The molecule has 0 saturated heterocycles. The molecule has 6 nitrogen and oxygen atoms in total. The minimum Gasteiger partial charge on any atom is -0.352 e. The Labute approximate surface area is 148 Å². The number of amides is 2. The highest BCUT2D eigenvalue weighted by Crippen LogP contribution is 2.18. The summed E-state index contributed by atoms with van der Waals surface area (Å²) in [5.41, 5.74) is 1.76. The van der Waals surface area contributed by atoms with Crippen LogP contribution in [0.5, 0.6) is 0 Å². The molecule has 2 amide bonds. The van der Waals surface area contributed by atoms with Crippen LogP contribution in [0.4, 0.5) is 0 Å². The highest BCUT2D eigenvalue weighted by molar-refractivity contribution is 5.81. The smallest absolute Gasteiger partial charge is 0.240 e. The number of nitrogens with one attached hydrogen (secondary N) is 2. The standard InChI is InChI=1S/C19H26N4O2/c1-2-18(24)20-12-17-22-15-10-6-7-11-16(15)23(17)13-19(25)21-14-8-4-3-5-9-14/h6-7,10-11,14H,2-5,8-9,12-13H2,1H3,(H,20,24)(H,21,25). The molecule has 0 unspecified atom stereocenters. The van der Waals surface area contributed by atoms with Crippen molar-refractivity contribution >= 4 is 22.8 Å². The number of hydrogen-bond donors (Lipinski definition) is 2. The van der Waals surface area contributed by atoms with E-state index in [2.05, 4.69) is 15.6 Å². The first-order valence-corrected chi connectivity index (χ1v) is 9.17. The van der Waals surface area contributed by atoms with Crippen LogP contribution in [0, 0.1) is 0 Å². The second-order valence-corrected chi connectivity index (χ2v) is 6.64. The molecule has 0 radical (unpaired) electrons. The van der Waals surface area contributed by atoms with Gasteiger partial charge in [-0.05, 0) is 25.0 Å². The van der Waals surface area contributed by atoms with Gasteiger partial charge in [0.05, 0.1) is 17.6 Å². The molecule has 0 atom stereocenters. The molecule has 25 heavy (non-hydrogen) atoms. The van der Waals surface area contributed by atoms with Crippen molar-refractivity contribution in [3.05, 3.63) is 30.1 Å². The van der Waals surface area contributed by atoms with Crippen LogP contribution >= 0.6 is 0 Å². The van der Waals surface area contributed by atoms with Gasteiger partial charge in [0, 0.05) is 12.5 Å². The van der Waals surface area contributed by atoms with Gasteiger partial charge in [-0.15, -0.1) is 0 Å². The van der Waals surface area contributed by atoms with Gasteiger partial charge in [0.1, 0.15) is 12.4 Å². The maximum Gasteiger partial charge on any atom is 0.240 e. The number of benzene rings is 1. The van der Waals surface area contributed by atoms with Crippen LogP contribution in [-0.2, 0) is 22.7 Å². The van der Waals surface area contributed by atoms with Gasteiger partial charge in [-0.2, -0.15) is 0 Å². The lowest BCUT2D eigenvalue weighted by Gasteiger charge is -2.23. The molecule has 1 fully saturated rings. The number of aromatic nitrogens is 2. The average Bonchev–Trinajstić information content (AvgIpc) is 2.98. The summed E-state index contributed by atoms with van der Waals surface area (Å²) in [5.74, 6) is 0.699. The van der Waals surface area contributed by atoms with E-state index in [9.17, 15) is 9.59 Å². The van der Waals surface area contributed by atoms with Crippen LogP contribution in [0.25, 0.3) is 11.0 Å². The molecule has 1 aliphatic rings. The first-order valence-electron chi connectivity index (χ1n) is 9.17. The number of fused-ring (bicyclic) bond motifs is 1. The molecule has 1 saturated carbocycles. The van der Waals surface area contributed by atoms with Crippen molar-refractivity contribution in [2.45, 2.75) is 64.6 Å². The van der Waals surface area contributed by atoms with E-state index < -0.39 is 0 Å². The van der Waals surface area contributed by atoms with Crippen LogP contribution in [0.1, 0.15) is 51.3 Å². The normalized spacial score (nSPS) is 15.2. The van der Waals surface area contributed by atoms with Gasteiger partial charge in [-0.1, -0.05) is 38.3 Å². The maximum atomic E-state index is 12.5. The molecule has 1 aliphatic carbocycles. The Hall–Kier alpha value is -2.37. The van der Waals surface area contributed by atoms with Gasteiger partial charge >= 0.3 is 0 Å². The summed E-state index contributed by atoms with van der Waals surface area (Å²) in [5, 5.41) is 6.00. The third-order valence-corrected chi connectivity index (χ3v) is 4.77. The van der Waals surface area contributed by atoms with E-state index in [4.69, 9.17) is 0 Å². The van der Waals surface area contributed by atoms with Crippen molar-refractivity contribution in [3.8, 4) is 0 Å². The monoisotopic (exact) mass is 342 g/mol. The summed E-state index contributed by atoms with van der Waals surface area (Å²) in [6.45, 7) is 2.38. The Morgan fingerprint density at radius 3 is 2.68 bits per heavy atom. The van der Waals surface area contributed by atoms with Gasteiger partial charge in [-0.3, -0.25) is 9.59 Å². The van der Waals surface area contributed by atoms with Crippen LogP contribution in [0.2, 0.25) is 0 Å². The molecule has 1 heterocycles. The molecule has 134 valence electrons. The third kappa shape index (κ3) is 4.38. The second kappa shape index (κ2) is 8.14.